The molecular formula is C14H25ClN2O2S. The van der Waals surface area contributed by atoms with Crippen molar-refractivity contribution >= 4 is 29.7 Å². The molecular weight excluding hydrogens is 296 g/mol. The topological polar surface area (TPSA) is 50.4 Å². The molecule has 116 valence electrons. The second-order valence-corrected chi connectivity index (χ2v) is 5.83. The van der Waals surface area contributed by atoms with Crippen molar-refractivity contribution in [2.75, 3.05) is 33.4 Å². The third-order valence-electron chi connectivity index (χ3n) is 2.73. The summed E-state index contributed by atoms with van der Waals surface area (Å²) in [6.45, 7) is 5.11. The lowest BCUT2D eigenvalue weighted by molar-refractivity contribution is -0.121. The molecule has 0 saturated carbocycles. The van der Waals surface area contributed by atoms with E-state index in [4.69, 9.17) is 4.74 Å². The summed E-state index contributed by atoms with van der Waals surface area (Å²) in [4.78, 5) is 14.3. The zero-order valence-corrected chi connectivity index (χ0v) is 13.9. The van der Waals surface area contributed by atoms with Gasteiger partial charge in [0.25, 0.3) is 0 Å². The van der Waals surface area contributed by atoms with Gasteiger partial charge in [-0.1, -0.05) is 0 Å². The highest BCUT2D eigenvalue weighted by atomic mass is 35.5. The molecule has 1 amide bonds. The predicted molar refractivity (Wildman–Crippen MR) is 87.0 cm³/mol. The van der Waals surface area contributed by atoms with E-state index in [-0.39, 0.29) is 18.3 Å². The van der Waals surface area contributed by atoms with E-state index in [1.165, 1.54) is 9.75 Å². The normalized spacial score (nSPS) is 10.1. The van der Waals surface area contributed by atoms with Crippen LogP contribution < -0.4 is 10.6 Å². The third-order valence-corrected chi connectivity index (χ3v) is 3.79. The van der Waals surface area contributed by atoms with Gasteiger partial charge in [0, 0.05) is 42.9 Å². The summed E-state index contributed by atoms with van der Waals surface area (Å²) >= 11 is 1.81. The highest BCUT2D eigenvalue weighted by Gasteiger charge is 2.02. The minimum atomic E-state index is 0. The van der Waals surface area contributed by atoms with Crippen LogP contribution in [0.3, 0.4) is 0 Å². The molecule has 0 aromatic carbocycles. The Kier molecular flexibility index (Phi) is 11.8. The number of hydrogen-bond acceptors (Lipinski definition) is 4. The monoisotopic (exact) mass is 320 g/mol. The number of carbonyl (C=O) groups excluding carboxylic acids is 1. The summed E-state index contributed by atoms with van der Waals surface area (Å²) in [5.74, 6) is 0.141. The molecule has 0 aliphatic heterocycles. The van der Waals surface area contributed by atoms with Crippen molar-refractivity contribution in [2.24, 2.45) is 0 Å². The maximum atomic E-state index is 11.6. The van der Waals surface area contributed by atoms with Gasteiger partial charge in [-0.15, -0.1) is 23.7 Å². The summed E-state index contributed by atoms with van der Waals surface area (Å²) in [5.41, 5.74) is 0. The molecule has 0 aliphatic carbocycles. The fourth-order valence-corrected chi connectivity index (χ4v) is 2.65. The number of methoxy groups -OCH3 is 1. The molecule has 0 fully saturated rings. The van der Waals surface area contributed by atoms with Gasteiger partial charge in [-0.25, -0.2) is 0 Å². The zero-order valence-electron chi connectivity index (χ0n) is 12.2. The van der Waals surface area contributed by atoms with Gasteiger partial charge in [0.05, 0.1) is 6.61 Å². The molecule has 0 spiro atoms. The van der Waals surface area contributed by atoms with Gasteiger partial charge in [-0.2, -0.15) is 0 Å². The van der Waals surface area contributed by atoms with Crippen LogP contribution in [0.15, 0.2) is 12.1 Å². The highest BCUT2D eigenvalue weighted by Crippen LogP contribution is 2.17. The Morgan fingerprint density at radius 1 is 1.30 bits per heavy atom. The summed E-state index contributed by atoms with van der Waals surface area (Å²) in [6.07, 6.45) is 2.52. The van der Waals surface area contributed by atoms with E-state index < -0.39 is 0 Å². The molecule has 4 nitrogen and oxygen atoms in total. The maximum absolute atomic E-state index is 11.6. The molecule has 0 unspecified atom stereocenters. The van der Waals surface area contributed by atoms with E-state index in [1.807, 2.05) is 11.3 Å². The third kappa shape index (κ3) is 9.31. The standard InChI is InChI=1S/C14H24N2O2S.ClH/c1-12-6-7-13(19-12)4-3-5-14(17)16-9-8-15-10-11-18-2;/h6-7,15H,3-5,8-11H2,1-2H3,(H,16,17);1H. The molecule has 0 aliphatic rings. The van der Waals surface area contributed by atoms with Crippen molar-refractivity contribution in [3.05, 3.63) is 21.9 Å². The Balaban J connectivity index is 0.00000361. The van der Waals surface area contributed by atoms with Crippen molar-refractivity contribution in [3.63, 3.8) is 0 Å². The number of carbonyl (C=O) groups is 1. The van der Waals surface area contributed by atoms with Crippen molar-refractivity contribution < 1.29 is 9.53 Å². The van der Waals surface area contributed by atoms with Crippen molar-refractivity contribution in [1.29, 1.82) is 0 Å². The molecule has 2 N–H and O–H groups in total. The predicted octanol–water partition coefficient (Wildman–Crippen LogP) is 2.15. The Bertz CT molecular complexity index is 372. The SMILES string of the molecule is COCCNCCNC(=O)CCCc1ccc(C)s1.Cl. The zero-order chi connectivity index (χ0) is 13.9. The Morgan fingerprint density at radius 2 is 2.10 bits per heavy atom. The lowest BCUT2D eigenvalue weighted by Gasteiger charge is -2.06. The number of hydrogen-bond donors (Lipinski definition) is 2. The minimum Gasteiger partial charge on any atom is -0.383 e. The second-order valence-electron chi connectivity index (χ2n) is 4.46. The van der Waals surface area contributed by atoms with E-state index in [1.54, 1.807) is 7.11 Å². The Hall–Kier alpha value is -0.620. The van der Waals surface area contributed by atoms with Crippen LogP contribution in [-0.2, 0) is 16.0 Å². The van der Waals surface area contributed by atoms with Gasteiger partial charge < -0.3 is 15.4 Å². The first-order valence-electron chi connectivity index (χ1n) is 6.74. The second kappa shape index (κ2) is 12.1. The molecule has 0 atom stereocenters. The van der Waals surface area contributed by atoms with E-state index in [2.05, 4.69) is 29.7 Å². The number of thiophene rings is 1. The van der Waals surface area contributed by atoms with Crippen LogP contribution in [0.1, 0.15) is 22.6 Å². The van der Waals surface area contributed by atoms with Crippen LogP contribution in [0, 0.1) is 6.92 Å². The lowest BCUT2D eigenvalue weighted by Crippen LogP contribution is -2.32. The van der Waals surface area contributed by atoms with Gasteiger partial charge in [-0.05, 0) is 31.9 Å². The Morgan fingerprint density at radius 3 is 2.75 bits per heavy atom. The van der Waals surface area contributed by atoms with Crippen molar-refractivity contribution in [2.45, 2.75) is 26.2 Å². The molecule has 1 rings (SSSR count). The first-order valence-corrected chi connectivity index (χ1v) is 7.55. The van der Waals surface area contributed by atoms with Crippen LogP contribution >= 0.6 is 23.7 Å². The fraction of sp³-hybridized carbons (Fsp3) is 0.643. The van der Waals surface area contributed by atoms with E-state index >= 15 is 0 Å². The number of nitrogens with one attached hydrogen (secondary N) is 2. The highest BCUT2D eigenvalue weighted by molar-refractivity contribution is 7.11. The van der Waals surface area contributed by atoms with Crippen LogP contribution in [0.25, 0.3) is 0 Å². The molecule has 20 heavy (non-hydrogen) atoms. The van der Waals surface area contributed by atoms with Crippen molar-refractivity contribution in [3.8, 4) is 0 Å². The van der Waals surface area contributed by atoms with Crippen LogP contribution in [0.2, 0.25) is 0 Å². The largest absolute Gasteiger partial charge is 0.383 e. The molecule has 1 aromatic heterocycles. The number of halogens is 1. The lowest BCUT2D eigenvalue weighted by atomic mass is 10.2. The fourth-order valence-electron chi connectivity index (χ4n) is 1.72. The maximum Gasteiger partial charge on any atom is 0.220 e. The quantitative estimate of drug-likeness (QED) is 0.650. The smallest absolute Gasteiger partial charge is 0.220 e. The average Bonchev–Trinajstić information content (AvgIpc) is 2.79. The van der Waals surface area contributed by atoms with Gasteiger partial charge in [0.2, 0.25) is 5.91 Å². The molecule has 0 radical (unpaired) electrons. The van der Waals surface area contributed by atoms with Crippen molar-refractivity contribution in [1.82, 2.24) is 10.6 Å². The molecule has 1 heterocycles. The number of ether oxygens (including phenoxy) is 1. The number of aryl methyl sites for hydroxylation is 2. The van der Waals surface area contributed by atoms with Crippen LogP contribution in [-0.4, -0.2) is 39.3 Å². The van der Waals surface area contributed by atoms with E-state index in [9.17, 15) is 4.79 Å². The van der Waals surface area contributed by atoms with Gasteiger partial charge in [-0.3, -0.25) is 4.79 Å². The summed E-state index contributed by atoms with van der Waals surface area (Å²) < 4.78 is 4.92. The molecule has 0 saturated heterocycles. The summed E-state index contributed by atoms with van der Waals surface area (Å²) in [7, 11) is 1.68. The van der Waals surface area contributed by atoms with Gasteiger partial charge in [0.1, 0.15) is 0 Å². The summed E-state index contributed by atoms with van der Waals surface area (Å²) in [6, 6.07) is 4.28. The minimum absolute atomic E-state index is 0. The average molecular weight is 321 g/mol. The van der Waals surface area contributed by atoms with Gasteiger partial charge in [0.15, 0.2) is 0 Å². The molecule has 0 bridgehead atoms. The van der Waals surface area contributed by atoms with Crippen LogP contribution in [0.5, 0.6) is 0 Å². The van der Waals surface area contributed by atoms with Gasteiger partial charge >= 0.3 is 0 Å². The first kappa shape index (κ1) is 19.4. The van der Waals surface area contributed by atoms with E-state index in [0.717, 1.165) is 25.9 Å². The molecule has 6 heteroatoms. The molecule has 1 aromatic rings. The van der Waals surface area contributed by atoms with E-state index in [0.29, 0.717) is 19.6 Å². The number of rotatable bonds is 10. The summed E-state index contributed by atoms with van der Waals surface area (Å²) in [5, 5.41) is 6.10. The van der Waals surface area contributed by atoms with Crippen LogP contribution in [0.4, 0.5) is 0 Å². The Labute approximate surface area is 131 Å². The number of amides is 1. The first-order chi connectivity index (χ1) is 9.22.